The molecule has 7 heteroatoms. The molecule has 28 heavy (non-hydrogen) atoms. The average Bonchev–Trinajstić information content (AvgIpc) is 3.21. The van der Waals surface area contributed by atoms with Gasteiger partial charge in [0, 0.05) is 11.8 Å². The van der Waals surface area contributed by atoms with Crippen LogP contribution in [0.2, 0.25) is 0 Å². The monoisotopic (exact) mass is 391 g/mol. The maximum absolute atomic E-state index is 12.6. The number of hydrogen-bond acceptors (Lipinski definition) is 4. The molecule has 2 amide bonds. The van der Waals surface area contributed by atoms with E-state index in [1.807, 2.05) is 18.2 Å². The summed E-state index contributed by atoms with van der Waals surface area (Å²) in [5.41, 5.74) is 1.56. The Bertz CT molecular complexity index is 999. The molecule has 0 saturated heterocycles. The number of thiocarbonyl (C=S) groups is 1. The fourth-order valence-corrected chi connectivity index (χ4v) is 2.57. The van der Waals surface area contributed by atoms with E-state index in [2.05, 4.69) is 16.0 Å². The lowest BCUT2D eigenvalue weighted by Crippen LogP contribution is -2.33. The van der Waals surface area contributed by atoms with E-state index in [4.69, 9.17) is 16.6 Å². The van der Waals surface area contributed by atoms with Crippen LogP contribution in [0.5, 0.6) is 0 Å². The van der Waals surface area contributed by atoms with Gasteiger partial charge in [0.2, 0.25) is 5.91 Å². The molecule has 3 rings (SSSR count). The van der Waals surface area contributed by atoms with Crippen LogP contribution in [0.15, 0.2) is 83.5 Å². The molecule has 1 heterocycles. The Labute approximate surface area is 167 Å². The lowest BCUT2D eigenvalue weighted by atomic mass is 10.1. The molecule has 0 saturated carbocycles. The van der Waals surface area contributed by atoms with Crippen LogP contribution in [-0.2, 0) is 4.79 Å². The second kappa shape index (κ2) is 9.29. The molecule has 0 bridgehead atoms. The highest BCUT2D eigenvalue weighted by atomic mass is 32.1. The van der Waals surface area contributed by atoms with Crippen LogP contribution in [0.1, 0.15) is 16.1 Å². The third-order valence-corrected chi connectivity index (χ3v) is 3.83. The van der Waals surface area contributed by atoms with Crippen LogP contribution in [0, 0.1) is 0 Å². The third kappa shape index (κ3) is 5.39. The summed E-state index contributed by atoms with van der Waals surface area (Å²) in [6.45, 7) is 0. The minimum Gasteiger partial charge on any atom is -0.465 e. The highest BCUT2D eigenvalue weighted by molar-refractivity contribution is 7.80. The standard InChI is InChI=1S/C21H17N3O3S/c25-19(13-12-16-9-6-14-27-16)24-21(28)23-18-11-5-4-10-17(18)20(26)22-15-7-2-1-3-8-15/h1-14H,(H,22,26)(H2,23,24,25,28)/b13-12+. The lowest BCUT2D eigenvalue weighted by molar-refractivity contribution is -0.115. The molecule has 6 nitrogen and oxygen atoms in total. The Morgan fingerprint density at radius 3 is 2.39 bits per heavy atom. The van der Waals surface area contributed by atoms with E-state index in [9.17, 15) is 9.59 Å². The molecular weight excluding hydrogens is 374 g/mol. The summed E-state index contributed by atoms with van der Waals surface area (Å²) in [4.78, 5) is 24.5. The highest BCUT2D eigenvalue weighted by Gasteiger charge is 2.12. The van der Waals surface area contributed by atoms with Crippen molar-refractivity contribution in [3.8, 4) is 0 Å². The minimum atomic E-state index is -0.417. The van der Waals surface area contributed by atoms with Gasteiger partial charge >= 0.3 is 0 Å². The van der Waals surface area contributed by atoms with E-state index in [1.165, 1.54) is 18.4 Å². The normalized spacial score (nSPS) is 10.4. The van der Waals surface area contributed by atoms with Crippen molar-refractivity contribution in [2.75, 3.05) is 10.6 Å². The number of para-hydroxylation sites is 2. The summed E-state index contributed by atoms with van der Waals surface area (Å²) < 4.78 is 5.12. The number of rotatable bonds is 5. The Morgan fingerprint density at radius 1 is 0.893 bits per heavy atom. The summed E-state index contributed by atoms with van der Waals surface area (Å²) in [5, 5.41) is 8.31. The fraction of sp³-hybridized carbons (Fsp3) is 0. The van der Waals surface area contributed by atoms with Gasteiger partial charge in [0.25, 0.3) is 5.91 Å². The Hall–Kier alpha value is -3.71. The maximum Gasteiger partial charge on any atom is 0.257 e. The molecule has 0 aliphatic carbocycles. The van der Waals surface area contributed by atoms with E-state index in [1.54, 1.807) is 48.5 Å². The first-order chi connectivity index (χ1) is 13.6. The molecule has 0 radical (unpaired) electrons. The summed E-state index contributed by atoms with van der Waals surface area (Å²) in [6, 6.07) is 19.5. The van der Waals surface area contributed by atoms with E-state index in [0.717, 1.165) is 0 Å². The molecule has 0 fully saturated rings. The molecule has 0 unspecified atom stereocenters. The largest absolute Gasteiger partial charge is 0.465 e. The van der Waals surface area contributed by atoms with Crippen molar-refractivity contribution < 1.29 is 14.0 Å². The number of carbonyl (C=O) groups is 2. The number of hydrogen-bond donors (Lipinski definition) is 3. The van der Waals surface area contributed by atoms with Gasteiger partial charge in [-0.1, -0.05) is 30.3 Å². The maximum atomic E-state index is 12.6. The zero-order chi connectivity index (χ0) is 19.8. The second-order valence-corrected chi connectivity index (χ2v) is 6.07. The molecular formula is C21H17N3O3S. The molecule has 140 valence electrons. The SMILES string of the molecule is O=C(/C=C/c1ccco1)NC(=S)Nc1ccccc1C(=O)Nc1ccccc1. The molecule has 1 aromatic heterocycles. The van der Waals surface area contributed by atoms with Gasteiger partial charge in [0.05, 0.1) is 17.5 Å². The zero-order valence-electron chi connectivity index (χ0n) is 14.7. The number of benzene rings is 2. The number of anilines is 2. The van der Waals surface area contributed by atoms with Gasteiger partial charge in [-0.25, -0.2) is 0 Å². The number of nitrogens with one attached hydrogen (secondary N) is 3. The molecule has 0 atom stereocenters. The first kappa shape index (κ1) is 19.1. The fourth-order valence-electron chi connectivity index (χ4n) is 2.36. The van der Waals surface area contributed by atoms with Gasteiger partial charge in [-0.05, 0) is 54.7 Å². The minimum absolute atomic E-state index is 0.0778. The Morgan fingerprint density at radius 2 is 1.64 bits per heavy atom. The summed E-state index contributed by atoms with van der Waals surface area (Å²) >= 11 is 5.17. The smallest absolute Gasteiger partial charge is 0.257 e. The van der Waals surface area contributed by atoms with E-state index in [-0.39, 0.29) is 11.0 Å². The second-order valence-electron chi connectivity index (χ2n) is 5.66. The van der Waals surface area contributed by atoms with Gasteiger partial charge < -0.3 is 15.1 Å². The number of furan rings is 1. The van der Waals surface area contributed by atoms with Crippen LogP contribution < -0.4 is 16.0 Å². The van der Waals surface area contributed by atoms with Gasteiger partial charge in [-0.2, -0.15) is 0 Å². The molecule has 0 spiro atoms. The van der Waals surface area contributed by atoms with Crippen LogP contribution in [0.25, 0.3) is 6.08 Å². The van der Waals surface area contributed by atoms with Crippen LogP contribution >= 0.6 is 12.2 Å². The van der Waals surface area contributed by atoms with Crippen molar-refractivity contribution in [1.29, 1.82) is 0 Å². The van der Waals surface area contributed by atoms with E-state index >= 15 is 0 Å². The highest BCUT2D eigenvalue weighted by Crippen LogP contribution is 2.17. The third-order valence-electron chi connectivity index (χ3n) is 3.63. The van der Waals surface area contributed by atoms with Crippen LogP contribution in [0.4, 0.5) is 11.4 Å². The van der Waals surface area contributed by atoms with E-state index in [0.29, 0.717) is 22.7 Å². The topological polar surface area (TPSA) is 83.4 Å². The summed E-state index contributed by atoms with van der Waals surface area (Å²) in [5.74, 6) is -0.154. The van der Waals surface area contributed by atoms with Crippen molar-refractivity contribution in [2.45, 2.75) is 0 Å². The molecule has 3 N–H and O–H groups in total. The van der Waals surface area contributed by atoms with Crippen LogP contribution in [-0.4, -0.2) is 16.9 Å². The first-order valence-corrected chi connectivity index (χ1v) is 8.81. The van der Waals surface area contributed by atoms with Crippen molar-refractivity contribution in [3.63, 3.8) is 0 Å². The van der Waals surface area contributed by atoms with Gasteiger partial charge in [0.1, 0.15) is 5.76 Å². The molecule has 3 aromatic rings. The Balaban J connectivity index is 1.63. The van der Waals surface area contributed by atoms with Crippen molar-refractivity contribution in [3.05, 3.63) is 90.4 Å². The van der Waals surface area contributed by atoms with Crippen molar-refractivity contribution in [1.82, 2.24) is 5.32 Å². The first-order valence-electron chi connectivity index (χ1n) is 8.41. The van der Waals surface area contributed by atoms with Gasteiger partial charge in [-0.15, -0.1) is 0 Å². The quantitative estimate of drug-likeness (QED) is 0.451. The Kier molecular flexibility index (Phi) is 6.33. The molecule has 2 aromatic carbocycles. The predicted molar refractivity (Wildman–Crippen MR) is 113 cm³/mol. The summed E-state index contributed by atoms with van der Waals surface area (Å²) in [6.07, 6.45) is 4.35. The van der Waals surface area contributed by atoms with E-state index < -0.39 is 5.91 Å². The molecule has 0 aliphatic heterocycles. The number of carbonyl (C=O) groups excluding carboxylic acids is 2. The van der Waals surface area contributed by atoms with Crippen molar-refractivity contribution in [2.24, 2.45) is 0 Å². The van der Waals surface area contributed by atoms with Crippen molar-refractivity contribution >= 4 is 46.6 Å². The number of amides is 2. The van der Waals surface area contributed by atoms with Crippen LogP contribution in [0.3, 0.4) is 0 Å². The molecule has 0 aliphatic rings. The summed E-state index contributed by atoms with van der Waals surface area (Å²) in [7, 11) is 0. The average molecular weight is 391 g/mol. The predicted octanol–water partition coefficient (Wildman–Crippen LogP) is 4.06. The lowest BCUT2D eigenvalue weighted by Gasteiger charge is -2.13. The van der Waals surface area contributed by atoms with Gasteiger partial charge in [0.15, 0.2) is 5.11 Å². The zero-order valence-corrected chi connectivity index (χ0v) is 15.5. The van der Waals surface area contributed by atoms with Gasteiger partial charge in [-0.3, -0.25) is 14.9 Å².